The zero-order chi connectivity index (χ0) is 16.6. The van der Waals surface area contributed by atoms with Gasteiger partial charge in [-0.3, -0.25) is 19.6 Å². The van der Waals surface area contributed by atoms with Gasteiger partial charge in [-0.05, 0) is 25.3 Å². The van der Waals surface area contributed by atoms with E-state index in [1.54, 1.807) is 6.20 Å². The van der Waals surface area contributed by atoms with E-state index in [2.05, 4.69) is 10.4 Å². The number of carbonyl (C=O) groups is 1. The number of nitrogens with zero attached hydrogens (tertiary/aromatic N) is 3. The van der Waals surface area contributed by atoms with E-state index in [1.165, 1.54) is 18.2 Å². The Bertz CT molecular complexity index is 787. The zero-order valence-electron chi connectivity index (χ0n) is 12.5. The highest BCUT2D eigenvalue weighted by molar-refractivity contribution is 6.34. The fourth-order valence-corrected chi connectivity index (χ4v) is 3.15. The van der Waals surface area contributed by atoms with Crippen LogP contribution in [0.2, 0.25) is 5.02 Å². The number of fused-ring (bicyclic) bond motifs is 1. The molecule has 0 saturated carbocycles. The highest BCUT2D eigenvalue weighted by Gasteiger charge is 2.26. The summed E-state index contributed by atoms with van der Waals surface area (Å²) in [6.07, 6.45) is 4.51. The van der Waals surface area contributed by atoms with E-state index in [-0.39, 0.29) is 28.2 Å². The van der Waals surface area contributed by atoms with E-state index in [0.29, 0.717) is 0 Å². The number of aromatic nitrogens is 2. The number of hydrogen-bond donors (Lipinski definition) is 1. The van der Waals surface area contributed by atoms with Crippen molar-refractivity contribution in [2.45, 2.75) is 25.3 Å². The number of aryl methyl sites for hydroxylation is 1. The number of benzene rings is 1. The average molecular weight is 335 g/mol. The summed E-state index contributed by atoms with van der Waals surface area (Å²) in [5.74, 6) is -0.341. The van der Waals surface area contributed by atoms with Crippen LogP contribution >= 0.6 is 11.6 Å². The highest BCUT2D eigenvalue weighted by Crippen LogP contribution is 2.30. The van der Waals surface area contributed by atoms with E-state index < -0.39 is 4.92 Å². The van der Waals surface area contributed by atoms with Gasteiger partial charge in [0, 0.05) is 30.4 Å². The van der Waals surface area contributed by atoms with E-state index in [1.807, 2.05) is 11.7 Å². The van der Waals surface area contributed by atoms with Crippen LogP contribution in [0, 0.1) is 10.1 Å². The Morgan fingerprint density at radius 1 is 1.52 bits per heavy atom. The Balaban J connectivity index is 1.82. The molecule has 7 nitrogen and oxygen atoms in total. The number of non-ortho nitro benzene ring substituents is 1. The Labute approximate surface area is 137 Å². The number of rotatable bonds is 3. The first kappa shape index (κ1) is 15.5. The van der Waals surface area contributed by atoms with Crippen LogP contribution in [-0.4, -0.2) is 20.6 Å². The number of nitrogens with one attached hydrogen (secondary N) is 1. The molecule has 0 saturated heterocycles. The molecule has 1 aliphatic rings. The Kier molecular flexibility index (Phi) is 4.04. The second-order valence-electron chi connectivity index (χ2n) is 5.51. The van der Waals surface area contributed by atoms with Gasteiger partial charge in [-0.2, -0.15) is 5.10 Å². The molecule has 0 fully saturated rings. The van der Waals surface area contributed by atoms with Crippen LogP contribution in [0.3, 0.4) is 0 Å². The van der Waals surface area contributed by atoms with Crippen LogP contribution in [-0.2, 0) is 13.5 Å². The molecule has 8 heteroatoms. The SMILES string of the molecule is Cn1ncc2c1CCCC2NC(=O)c1ccc([N+](=O)[O-])cc1Cl. The standard InChI is InChI=1S/C15H15ClN4O3/c1-19-14-4-2-3-13(11(14)8-17-19)18-15(21)10-6-5-9(20(22)23)7-12(10)16/h5-8,13H,2-4H2,1H3,(H,18,21). The van der Waals surface area contributed by atoms with Gasteiger partial charge in [0.2, 0.25) is 0 Å². The normalized spacial score (nSPS) is 16.7. The monoisotopic (exact) mass is 334 g/mol. The summed E-state index contributed by atoms with van der Waals surface area (Å²) in [6.45, 7) is 0. The molecule has 0 radical (unpaired) electrons. The molecular formula is C15H15ClN4O3. The van der Waals surface area contributed by atoms with E-state index in [0.717, 1.165) is 30.5 Å². The fraction of sp³-hybridized carbons (Fsp3) is 0.333. The van der Waals surface area contributed by atoms with Crippen molar-refractivity contribution in [1.29, 1.82) is 0 Å². The molecule has 1 aliphatic carbocycles. The topological polar surface area (TPSA) is 90.1 Å². The highest BCUT2D eigenvalue weighted by atomic mass is 35.5. The molecule has 1 unspecified atom stereocenters. The maximum atomic E-state index is 12.4. The van der Waals surface area contributed by atoms with Crippen molar-refractivity contribution in [2.75, 3.05) is 0 Å². The van der Waals surface area contributed by atoms with Gasteiger partial charge in [-0.15, -0.1) is 0 Å². The molecule has 1 aromatic heterocycles. The van der Waals surface area contributed by atoms with Crippen LogP contribution in [0.5, 0.6) is 0 Å². The lowest BCUT2D eigenvalue weighted by molar-refractivity contribution is -0.384. The lowest BCUT2D eigenvalue weighted by atomic mass is 9.92. The molecular weight excluding hydrogens is 320 g/mol. The predicted molar refractivity (Wildman–Crippen MR) is 84.5 cm³/mol. The molecule has 1 heterocycles. The number of halogens is 1. The lowest BCUT2D eigenvalue weighted by Crippen LogP contribution is -2.31. The maximum absolute atomic E-state index is 12.4. The molecule has 1 amide bonds. The number of carbonyl (C=O) groups excluding carboxylic acids is 1. The third kappa shape index (κ3) is 2.92. The quantitative estimate of drug-likeness (QED) is 0.690. The van der Waals surface area contributed by atoms with Gasteiger partial charge in [0.05, 0.1) is 27.7 Å². The molecule has 1 N–H and O–H groups in total. The Morgan fingerprint density at radius 3 is 3.00 bits per heavy atom. The summed E-state index contributed by atoms with van der Waals surface area (Å²) in [5, 5.41) is 18.0. The summed E-state index contributed by atoms with van der Waals surface area (Å²) in [7, 11) is 1.89. The van der Waals surface area contributed by atoms with Crippen molar-refractivity contribution in [3.8, 4) is 0 Å². The van der Waals surface area contributed by atoms with Crippen molar-refractivity contribution < 1.29 is 9.72 Å². The summed E-state index contributed by atoms with van der Waals surface area (Å²) in [6, 6.07) is 3.72. The molecule has 0 spiro atoms. The van der Waals surface area contributed by atoms with Crippen LogP contribution in [0.25, 0.3) is 0 Å². The van der Waals surface area contributed by atoms with Gasteiger partial charge in [0.1, 0.15) is 0 Å². The number of nitro groups is 1. The maximum Gasteiger partial charge on any atom is 0.270 e. The molecule has 0 aliphatic heterocycles. The predicted octanol–water partition coefficient (Wildman–Crippen LogP) is 2.79. The van der Waals surface area contributed by atoms with Gasteiger partial charge >= 0.3 is 0 Å². The largest absolute Gasteiger partial charge is 0.345 e. The number of nitro benzene ring substituents is 1. The van der Waals surface area contributed by atoms with Crippen molar-refractivity contribution in [3.63, 3.8) is 0 Å². The van der Waals surface area contributed by atoms with Gasteiger partial charge in [0.15, 0.2) is 0 Å². The smallest absolute Gasteiger partial charge is 0.270 e. The summed E-state index contributed by atoms with van der Waals surface area (Å²) >= 11 is 6.01. The Morgan fingerprint density at radius 2 is 2.30 bits per heavy atom. The summed E-state index contributed by atoms with van der Waals surface area (Å²) in [4.78, 5) is 22.6. The minimum atomic E-state index is -0.545. The molecule has 23 heavy (non-hydrogen) atoms. The molecule has 1 aromatic carbocycles. The number of hydrogen-bond acceptors (Lipinski definition) is 4. The second kappa shape index (κ2) is 6.00. The van der Waals surface area contributed by atoms with Gasteiger partial charge in [-0.1, -0.05) is 11.6 Å². The molecule has 3 rings (SSSR count). The molecule has 2 aromatic rings. The molecule has 0 bridgehead atoms. The minimum Gasteiger partial charge on any atom is -0.345 e. The van der Waals surface area contributed by atoms with Crippen LogP contribution in [0.4, 0.5) is 5.69 Å². The minimum absolute atomic E-state index is 0.0684. The first-order valence-corrected chi connectivity index (χ1v) is 7.60. The van der Waals surface area contributed by atoms with E-state index >= 15 is 0 Å². The van der Waals surface area contributed by atoms with Crippen molar-refractivity contribution >= 4 is 23.2 Å². The van der Waals surface area contributed by atoms with E-state index in [9.17, 15) is 14.9 Å². The van der Waals surface area contributed by atoms with Gasteiger partial charge < -0.3 is 5.32 Å². The van der Waals surface area contributed by atoms with Crippen LogP contribution in [0.15, 0.2) is 24.4 Å². The lowest BCUT2D eigenvalue weighted by Gasteiger charge is -2.24. The van der Waals surface area contributed by atoms with Crippen molar-refractivity contribution in [1.82, 2.24) is 15.1 Å². The van der Waals surface area contributed by atoms with E-state index in [4.69, 9.17) is 11.6 Å². The average Bonchev–Trinajstić information content (AvgIpc) is 2.89. The molecule has 120 valence electrons. The van der Waals surface area contributed by atoms with Gasteiger partial charge in [0.25, 0.3) is 11.6 Å². The first-order chi connectivity index (χ1) is 11.0. The molecule has 1 atom stereocenters. The number of amides is 1. The third-order valence-corrected chi connectivity index (χ3v) is 4.40. The second-order valence-corrected chi connectivity index (χ2v) is 5.92. The Hall–Kier alpha value is -2.41. The van der Waals surface area contributed by atoms with Gasteiger partial charge in [-0.25, -0.2) is 0 Å². The summed E-state index contributed by atoms with van der Waals surface area (Å²) in [5.41, 5.74) is 2.23. The van der Waals surface area contributed by atoms with Crippen molar-refractivity contribution in [3.05, 3.63) is 56.4 Å². The van der Waals surface area contributed by atoms with Crippen LogP contribution < -0.4 is 5.32 Å². The third-order valence-electron chi connectivity index (χ3n) is 4.09. The first-order valence-electron chi connectivity index (χ1n) is 7.23. The summed E-state index contributed by atoms with van der Waals surface area (Å²) < 4.78 is 1.83. The van der Waals surface area contributed by atoms with Crippen LogP contribution in [0.1, 0.15) is 40.5 Å². The fourth-order valence-electron chi connectivity index (χ4n) is 2.89. The zero-order valence-corrected chi connectivity index (χ0v) is 13.2. The van der Waals surface area contributed by atoms with Crippen molar-refractivity contribution in [2.24, 2.45) is 7.05 Å².